The summed E-state index contributed by atoms with van der Waals surface area (Å²) in [5.41, 5.74) is 0.105. The number of fused-ring (bicyclic) bond motifs is 1. The lowest BCUT2D eigenvalue weighted by Gasteiger charge is -2.57. The van der Waals surface area contributed by atoms with E-state index in [1.54, 1.807) is 0 Å². The molecule has 6 fully saturated rings. The van der Waals surface area contributed by atoms with E-state index in [0.717, 1.165) is 30.1 Å². The second kappa shape index (κ2) is 5.06. The second-order valence-corrected chi connectivity index (χ2v) is 9.51. The van der Waals surface area contributed by atoms with E-state index in [0.29, 0.717) is 11.8 Å². The lowest BCUT2D eigenvalue weighted by Crippen LogP contribution is -2.59. The van der Waals surface area contributed by atoms with Crippen molar-refractivity contribution in [3.63, 3.8) is 0 Å². The molecule has 0 amide bonds. The Kier molecular flexibility index (Phi) is 3.22. The third-order valence-corrected chi connectivity index (χ3v) is 8.03. The summed E-state index contributed by atoms with van der Waals surface area (Å²) in [4.78, 5) is 13.5. The molecule has 0 aromatic carbocycles. The van der Waals surface area contributed by atoms with Gasteiger partial charge >= 0.3 is 0 Å². The Hall–Kier alpha value is -0.370. The number of Topliss-reactive ketones (excluding diaryl/α,β-unsaturated/α-hetero) is 1. The topological polar surface area (TPSA) is 29.1 Å². The Labute approximate surface area is 134 Å². The van der Waals surface area contributed by atoms with Crippen LogP contribution in [0.15, 0.2) is 0 Å². The van der Waals surface area contributed by atoms with E-state index in [1.807, 2.05) is 0 Å². The average molecular weight is 301 g/mol. The molecule has 0 spiro atoms. The largest absolute Gasteiger partial charge is 0.304 e. The minimum absolute atomic E-state index is 0.105. The zero-order chi connectivity index (χ0) is 14.7. The minimum atomic E-state index is 0.105. The van der Waals surface area contributed by atoms with Crippen molar-refractivity contribution in [2.45, 2.75) is 89.1 Å². The molecule has 0 radical (unpaired) electrons. The van der Waals surface area contributed by atoms with Gasteiger partial charge in [-0.25, -0.2) is 0 Å². The van der Waals surface area contributed by atoms with E-state index in [2.05, 4.69) is 5.32 Å². The van der Waals surface area contributed by atoms with Crippen molar-refractivity contribution in [1.82, 2.24) is 5.32 Å². The standard InChI is InChI=1S/C20H31NO/c22-19(18-6-5-16-3-1-2-4-17(16)21-18)20-10-13-7-14(11-20)9-15(8-13)12-20/h13-18,21H,1-12H2. The van der Waals surface area contributed by atoms with Gasteiger partial charge in [-0.05, 0) is 87.9 Å². The quantitative estimate of drug-likeness (QED) is 0.832. The third-order valence-electron chi connectivity index (χ3n) is 8.03. The molecule has 0 aromatic rings. The first-order valence-corrected chi connectivity index (χ1v) is 10.0. The van der Waals surface area contributed by atoms with Gasteiger partial charge in [-0.15, -0.1) is 0 Å². The van der Waals surface area contributed by atoms with Gasteiger partial charge in [0.1, 0.15) is 0 Å². The Morgan fingerprint density at radius 2 is 1.45 bits per heavy atom. The van der Waals surface area contributed by atoms with Gasteiger partial charge in [-0.3, -0.25) is 4.79 Å². The molecule has 122 valence electrons. The van der Waals surface area contributed by atoms with Gasteiger partial charge in [0.15, 0.2) is 5.78 Å². The Balaban J connectivity index is 1.34. The molecule has 6 aliphatic rings. The van der Waals surface area contributed by atoms with E-state index in [1.165, 1.54) is 70.6 Å². The molecule has 3 atom stereocenters. The van der Waals surface area contributed by atoms with Crippen LogP contribution >= 0.6 is 0 Å². The molecule has 1 heterocycles. The number of ketones is 1. The van der Waals surface area contributed by atoms with Crippen LogP contribution in [-0.2, 0) is 4.79 Å². The molecule has 6 rings (SSSR count). The Bertz CT molecular complexity index is 435. The zero-order valence-corrected chi connectivity index (χ0v) is 13.9. The van der Waals surface area contributed by atoms with Crippen LogP contribution in [0.5, 0.6) is 0 Å². The number of carbonyl (C=O) groups excluding carboxylic acids is 1. The summed E-state index contributed by atoms with van der Waals surface area (Å²) in [6.45, 7) is 0. The molecule has 1 N–H and O–H groups in total. The van der Waals surface area contributed by atoms with Gasteiger partial charge in [0.2, 0.25) is 0 Å². The average Bonchev–Trinajstić information content (AvgIpc) is 2.52. The molecule has 0 aromatic heterocycles. The van der Waals surface area contributed by atoms with Crippen molar-refractivity contribution in [3.8, 4) is 0 Å². The maximum absolute atomic E-state index is 13.5. The van der Waals surface area contributed by atoms with Crippen LogP contribution in [0.2, 0.25) is 0 Å². The van der Waals surface area contributed by atoms with Gasteiger partial charge in [-0.2, -0.15) is 0 Å². The van der Waals surface area contributed by atoms with Crippen molar-refractivity contribution in [2.24, 2.45) is 29.1 Å². The SMILES string of the molecule is O=C(C1CCC2CCCCC2N1)C12CC3CC(CC(C3)C1)C2. The first-order chi connectivity index (χ1) is 10.7. The van der Waals surface area contributed by atoms with Gasteiger partial charge in [0.05, 0.1) is 6.04 Å². The highest BCUT2D eigenvalue weighted by Crippen LogP contribution is 2.60. The molecule has 1 aliphatic heterocycles. The van der Waals surface area contributed by atoms with E-state index >= 15 is 0 Å². The maximum Gasteiger partial charge on any atom is 0.155 e. The second-order valence-electron chi connectivity index (χ2n) is 9.51. The van der Waals surface area contributed by atoms with Crippen LogP contribution in [0.25, 0.3) is 0 Å². The molecule has 2 nitrogen and oxygen atoms in total. The van der Waals surface area contributed by atoms with Crippen LogP contribution in [0.3, 0.4) is 0 Å². The van der Waals surface area contributed by atoms with Crippen LogP contribution in [0.4, 0.5) is 0 Å². The molecular weight excluding hydrogens is 270 g/mol. The van der Waals surface area contributed by atoms with Crippen LogP contribution < -0.4 is 5.32 Å². The van der Waals surface area contributed by atoms with E-state index < -0.39 is 0 Å². The van der Waals surface area contributed by atoms with Crippen LogP contribution in [0, 0.1) is 29.1 Å². The van der Waals surface area contributed by atoms with Crippen molar-refractivity contribution in [3.05, 3.63) is 0 Å². The highest BCUT2D eigenvalue weighted by Gasteiger charge is 2.56. The smallest absolute Gasteiger partial charge is 0.155 e. The molecule has 2 heteroatoms. The first kappa shape index (κ1) is 14.0. The van der Waals surface area contributed by atoms with Crippen molar-refractivity contribution in [2.75, 3.05) is 0 Å². The van der Waals surface area contributed by atoms with Gasteiger partial charge < -0.3 is 5.32 Å². The summed E-state index contributed by atoms with van der Waals surface area (Å²) >= 11 is 0. The maximum atomic E-state index is 13.5. The molecular formula is C20H31NO. The summed E-state index contributed by atoms with van der Waals surface area (Å²) in [7, 11) is 0. The number of rotatable bonds is 2. The van der Waals surface area contributed by atoms with Crippen LogP contribution in [-0.4, -0.2) is 17.9 Å². The van der Waals surface area contributed by atoms with E-state index in [9.17, 15) is 4.79 Å². The summed E-state index contributed by atoms with van der Waals surface area (Å²) in [6, 6.07) is 0.862. The predicted molar refractivity (Wildman–Crippen MR) is 87.5 cm³/mol. The summed E-state index contributed by atoms with van der Waals surface area (Å²) < 4.78 is 0. The van der Waals surface area contributed by atoms with Crippen molar-refractivity contribution < 1.29 is 4.79 Å². The van der Waals surface area contributed by atoms with Crippen molar-refractivity contribution in [1.29, 1.82) is 0 Å². The Morgan fingerprint density at radius 3 is 2.14 bits per heavy atom. The fourth-order valence-corrected chi connectivity index (χ4v) is 7.48. The van der Waals surface area contributed by atoms with E-state index in [-0.39, 0.29) is 11.5 Å². The molecule has 22 heavy (non-hydrogen) atoms. The number of nitrogens with one attached hydrogen (secondary N) is 1. The monoisotopic (exact) mass is 301 g/mol. The number of hydrogen-bond acceptors (Lipinski definition) is 2. The minimum Gasteiger partial charge on any atom is -0.304 e. The molecule has 5 saturated carbocycles. The fourth-order valence-electron chi connectivity index (χ4n) is 7.48. The predicted octanol–water partition coefficient (Wildman–Crippen LogP) is 4.08. The van der Waals surface area contributed by atoms with Gasteiger partial charge in [0, 0.05) is 11.5 Å². The number of hydrogen-bond donors (Lipinski definition) is 1. The van der Waals surface area contributed by atoms with Crippen LogP contribution in [0.1, 0.15) is 77.0 Å². The Morgan fingerprint density at radius 1 is 0.818 bits per heavy atom. The summed E-state index contributed by atoms with van der Waals surface area (Å²) in [5, 5.41) is 3.83. The van der Waals surface area contributed by atoms with Gasteiger partial charge in [-0.1, -0.05) is 12.8 Å². The molecule has 5 aliphatic carbocycles. The molecule has 3 unspecified atom stereocenters. The lowest BCUT2D eigenvalue weighted by atomic mass is 9.48. The summed E-state index contributed by atoms with van der Waals surface area (Å²) in [5.74, 6) is 4.19. The normalized spacial score (nSPS) is 53.3. The van der Waals surface area contributed by atoms with Gasteiger partial charge in [0.25, 0.3) is 0 Å². The van der Waals surface area contributed by atoms with E-state index in [4.69, 9.17) is 0 Å². The fraction of sp³-hybridized carbons (Fsp3) is 0.950. The highest BCUT2D eigenvalue weighted by atomic mass is 16.1. The van der Waals surface area contributed by atoms with Crippen molar-refractivity contribution >= 4 is 5.78 Å². The third kappa shape index (κ3) is 2.12. The first-order valence-electron chi connectivity index (χ1n) is 10.0. The molecule has 1 saturated heterocycles. The lowest BCUT2D eigenvalue weighted by molar-refractivity contribution is -0.147. The number of carbonyl (C=O) groups is 1. The zero-order valence-electron chi connectivity index (χ0n) is 13.9. The number of piperidine rings is 1. The highest BCUT2D eigenvalue weighted by molar-refractivity contribution is 5.90. The molecule has 4 bridgehead atoms. The summed E-state index contributed by atoms with van der Waals surface area (Å²) in [6.07, 6.45) is 16.0.